The molecule has 0 spiro atoms. The van der Waals surface area contributed by atoms with E-state index in [1.54, 1.807) is 36.1 Å². The van der Waals surface area contributed by atoms with E-state index in [2.05, 4.69) is 39.3 Å². The number of allylic oxidation sites excluding steroid dienone is 1. The first-order valence-electron chi connectivity index (χ1n) is 11.8. The molecular weight excluding hydrogens is 418 g/mol. The number of carbonyl (C=O) groups is 1. The fourth-order valence-corrected chi connectivity index (χ4v) is 5.54. The molecule has 0 bridgehead atoms. The average molecular weight is 468 g/mol. The van der Waals surface area contributed by atoms with E-state index in [1.165, 1.54) is 51.4 Å². The zero-order chi connectivity index (χ0) is 22.8. The summed E-state index contributed by atoms with van der Waals surface area (Å²) >= 11 is 3.27. The third kappa shape index (κ3) is 16.4. The van der Waals surface area contributed by atoms with Gasteiger partial charge in [-0.15, -0.1) is 11.3 Å². The van der Waals surface area contributed by atoms with Gasteiger partial charge in [0, 0.05) is 12.2 Å². The summed E-state index contributed by atoms with van der Waals surface area (Å²) in [5.41, 5.74) is 0.924. The lowest BCUT2D eigenvalue weighted by Crippen LogP contribution is -2.06. The number of nitrogens with zero attached hydrogens (tertiary/aromatic N) is 1. The molecule has 1 aromatic rings. The summed E-state index contributed by atoms with van der Waals surface area (Å²) in [6, 6.07) is 0. The maximum Gasteiger partial charge on any atom is 0.151 e. The smallest absolute Gasteiger partial charge is 0.151 e. The Morgan fingerprint density at radius 3 is 2.42 bits per heavy atom. The molecule has 0 aliphatic rings. The van der Waals surface area contributed by atoms with Crippen LogP contribution in [0.4, 0.5) is 0 Å². The molecule has 180 valence electrons. The second kappa shape index (κ2) is 21.0. The third-order valence-electron chi connectivity index (χ3n) is 5.20. The molecule has 0 aliphatic heterocycles. The van der Waals surface area contributed by atoms with Crippen molar-refractivity contribution in [3.63, 3.8) is 0 Å². The van der Waals surface area contributed by atoms with Crippen LogP contribution in [-0.4, -0.2) is 16.5 Å². The first-order chi connectivity index (χ1) is 14.4. The molecule has 1 heterocycles. The van der Waals surface area contributed by atoms with Gasteiger partial charge in [-0.25, -0.2) is 4.98 Å². The molecule has 2 atom stereocenters. The number of thiazole rings is 1. The molecule has 0 amide bonds. The molecule has 1 aromatic heterocycles. The highest BCUT2D eigenvalue weighted by molar-refractivity contribution is 8.01. The quantitative estimate of drug-likeness (QED) is 0.190. The number of hydrogen-bond acceptors (Lipinski definition) is 4. The van der Waals surface area contributed by atoms with Crippen molar-refractivity contribution in [3.8, 4) is 0 Å². The molecule has 0 saturated carbocycles. The highest BCUT2D eigenvalue weighted by Crippen LogP contribution is 2.29. The first-order valence-corrected chi connectivity index (χ1v) is 13.6. The van der Waals surface area contributed by atoms with E-state index in [0.29, 0.717) is 6.42 Å². The fraction of sp³-hybridized carbons (Fsp3) is 0.704. The Bertz CT molecular complexity index is 606. The van der Waals surface area contributed by atoms with Crippen LogP contribution in [0.5, 0.6) is 0 Å². The van der Waals surface area contributed by atoms with E-state index in [0.717, 1.165) is 32.5 Å². The summed E-state index contributed by atoms with van der Waals surface area (Å²) in [4.78, 5) is 16.4. The summed E-state index contributed by atoms with van der Waals surface area (Å²) in [5.74, 6) is 2.98. The van der Waals surface area contributed by atoms with Gasteiger partial charge >= 0.3 is 0 Å². The molecule has 2 unspecified atom stereocenters. The summed E-state index contributed by atoms with van der Waals surface area (Å²) < 4.78 is 1.00. The summed E-state index contributed by atoms with van der Waals surface area (Å²) in [7, 11) is 0. The van der Waals surface area contributed by atoms with Crippen molar-refractivity contribution < 1.29 is 4.79 Å². The van der Waals surface area contributed by atoms with Crippen molar-refractivity contribution >= 4 is 41.0 Å². The van der Waals surface area contributed by atoms with Crippen LogP contribution >= 0.6 is 23.1 Å². The molecule has 0 saturated heterocycles. The first kappa shape index (κ1) is 32.3. The predicted molar refractivity (Wildman–Crippen MR) is 146 cm³/mol. The number of ketones is 1. The Balaban J connectivity index is 0. The molecule has 0 aliphatic carbocycles. The van der Waals surface area contributed by atoms with Crippen LogP contribution in [0.3, 0.4) is 0 Å². The summed E-state index contributed by atoms with van der Waals surface area (Å²) in [6.45, 7) is 16.7. The van der Waals surface area contributed by atoms with Crippen LogP contribution in [0.25, 0.3) is 12.2 Å². The van der Waals surface area contributed by atoms with Gasteiger partial charge in [-0.1, -0.05) is 104 Å². The highest BCUT2D eigenvalue weighted by Gasteiger charge is 2.11. The van der Waals surface area contributed by atoms with Gasteiger partial charge in [-0.2, -0.15) is 0 Å². The van der Waals surface area contributed by atoms with E-state index in [9.17, 15) is 4.79 Å². The lowest BCUT2D eigenvalue weighted by molar-refractivity contribution is -0.116. The standard InChI is InChI=1S/C14H30.C12H15NOS2.CH4/c1-5-8-9-11-14(10-6-2)12-13(4)7-3;1-4-6-11-10(5-2)13-12(16-11)15-8-7-9(3)14;/h13-14H,5-12H2,1-4H3;4-6H,2,7-8H2,1,3H3;1H4/b;6-4-;. The number of aromatic nitrogens is 1. The monoisotopic (exact) mass is 467 g/mol. The van der Waals surface area contributed by atoms with Crippen LogP contribution in [0.2, 0.25) is 0 Å². The number of carbonyl (C=O) groups excluding carboxylic acids is 1. The molecule has 2 nitrogen and oxygen atoms in total. The van der Waals surface area contributed by atoms with Crippen LogP contribution in [0.15, 0.2) is 17.0 Å². The van der Waals surface area contributed by atoms with Gasteiger partial charge < -0.3 is 0 Å². The van der Waals surface area contributed by atoms with Gasteiger partial charge in [-0.05, 0) is 44.3 Å². The van der Waals surface area contributed by atoms with Crippen molar-refractivity contribution in [2.75, 3.05) is 5.75 Å². The number of rotatable bonds is 15. The van der Waals surface area contributed by atoms with E-state index >= 15 is 0 Å². The van der Waals surface area contributed by atoms with Crippen molar-refractivity contribution in [1.82, 2.24) is 4.98 Å². The molecule has 1 rings (SSSR count). The van der Waals surface area contributed by atoms with Crippen LogP contribution in [0, 0.1) is 11.8 Å². The normalized spacial score (nSPS) is 12.6. The van der Waals surface area contributed by atoms with Gasteiger partial charge in [-0.3, -0.25) is 4.79 Å². The zero-order valence-electron chi connectivity index (χ0n) is 20.3. The Kier molecular flexibility index (Phi) is 21.9. The number of unbranched alkanes of at least 4 members (excludes halogenated alkanes) is 2. The highest BCUT2D eigenvalue weighted by atomic mass is 32.2. The molecule has 4 heteroatoms. The van der Waals surface area contributed by atoms with Crippen molar-refractivity contribution in [3.05, 3.63) is 23.2 Å². The van der Waals surface area contributed by atoms with Crippen molar-refractivity contribution in [2.24, 2.45) is 11.8 Å². The SMILES string of the molecule is C.C=Cc1nc(SCCC(C)=O)sc1/C=C\C.CCCCCC(CCC)CC(C)CC. The summed E-state index contributed by atoms with van der Waals surface area (Å²) in [6.07, 6.45) is 17.8. The predicted octanol–water partition coefficient (Wildman–Crippen LogP) is 9.95. The Morgan fingerprint density at radius 1 is 1.19 bits per heavy atom. The lowest BCUT2D eigenvalue weighted by atomic mass is 9.87. The van der Waals surface area contributed by atoms with Crippen molar-refractivity contribution in [2.45, 2.75) is 111 Å². The molecular formula is C27H49NOS2. The Morgan fingerprint density at radius 2 is 1.90 bits per heavy atom. The lowest BCUT2D eigenvalue weighted by Gasteiger charge is -2.19. The Hall–Kier alpha value is -0.870. The number of thioether (sulfide) groups is 1. The Labute approximate surface area is 202 Å². The average Bonchev–Trinajstić information content (AvgIpc) is 3.10. The minimum Gasteiger partial charge on any atom is -0.300 e. The molecule has 0 radical (unpaired) electrons. The van der Waals surface area contributed by atoms with Crippen LogP contribution < -0.4 is 0 Å². The molecule has 0 aromatic carbocycles. The molecule has 31 heavy (non-hydrogen) atoms. The zero-order valence-corrected chi connectivity index (χ0v) is 22.0. The van der Waals surface area contributed by atoms with E-state index in [1.807, 2.05) is 19.1 Å². The van der Waals surface area contributed by atoms with Crippen molar-refractivity contribution in [1.29, 1.82) is 0 Å². The number of hydrogen-bond donors (Lipinski definition) is 0. The van der Waals surface area contributed by atoms with Gasteiger partial charge in [0.15, 0.2) is 4.34 Å². The topological polar surface area (TPSA) is 30.0 Å². The maximum atomic E-state index is 10.8. The fourth-order valence-electron chi connectivity index (χ4n) is 3.29. The van der Waals surface area contributed by atoms with Gasteiger partial charge in [0.1, 0.15) is 5.78 Å². The number of Topliss-reactive ketones (excluding diaryl/α,β-unsaturated/α-hetero) is 1. The van der Waals surface area contributed by atoms with E-state index in [4.69, 9.17) is 0 Å². The second-order valence-corrected chi connectivity index (χ2v) is 10.5. The van der Waals surface area contributed by atoms with E-state index < -0.39 is 0 Å². The largest absolute Gasteiger partial charge is 0.300 e. The van der Waals surface area contributed by atoms with Crippen LogP contribution in [0.1, 0.15) is 117 Å². The van der Waals surface area contributed by atoms with Gasteiger partial charge in [0.05, 0.1) is 10.6 Å². The van der Waals surface area contributed by atoms with Gasteiger partial charge in [0.2, 0.25) is 0 Å². The molecule has 0 fully saturated rings. The van der Waals surface area contributed by atoms with E-state index in [-0.39, 0.29) is 13.2 Å². The third-order valence-corrected chi connectivity index (χ3v) is 7.38. The minimum absolute atomic E-state index is 0. The maximum absolute atomic E-state index is 10.8. The summed E-state index contributed by atoms with van der Waals surface area (Å²) in [5, 5.41) is 0. The van der Waals surface area contributed by atoms with Crippen LogP contribution in [-0.2, 0) is 4.79 Å². The second-order valence-electron chi connectivity index (χ2n) is 8.13. The van der Waals surface area contributed by atoms with Gasteiger partial charge in [0.25, 0.3) is 0 Å². The molecule has 0 N–H and O–H groups in total. The minimum atomic E-state index is 0.